The third-order valence-corrected chi connectivity index (χ3v) is 3.08. The molecule has 1 aromatic rings. The average Bonchev–Trinajstić information content (AvgIpc) is 2.58. The summed E-state index contributed by atoms with van der Waals surface area (Å²) in [7, 11) is 1.54. The van der Waals surface area contributed by atoms with Gasteiger partial charge in [0.1, 0.15) is 6.61 Å². The van der Waals surface area contributed by atoms with Crippen molar-refractivity contribution in [3.8, 4) is 5.75 Å². The van der Waals surface area contributed by atoms with E-state index in [0.717, 1.165) is 0 Å². The Bertz CT molecular complexity index is 564. The largest absolute Gasteiger partial charge is 0.489 e. The molecule has 1 atom stereocenters. The highest BCUT2D eigenvalue weighted by Gasteiger charge is 2.17. The van der Waals surface area contributed by atoms with E-state index in [1.54, 1.807) is 19.2 Å². The normalized spacial score (nSPS) is 11.5. The minimum atomic E-state index is -0.773. The van der Waals surface area contributed by atoms with Crippen LogP contribution in [0.25, 0.3) is 0 Å². The highest BCUT2D eigenvalue weighted by molar-refractivity contribution is 5.81. The van der Waals surface area contributed by atoms with Crippen LogP contribution in [0.5, 0.6) is 5.75 Å². The minimum absolute atomic E-state index is 0.121. The fraction of sp³-hybridized carbons (Fsp3) is 0.412. The monoisotopic (exact) mass is 339 g/mol. The summed E-state index contributed by atoms with van der Waals surface area (Å²) in [6, 6.07) is 6.01. The van der Waals surface area contributed by atoms with Crippen LogP contribution in [0.2, 0.25) is 0 Å². The van der Waals surface area contributed by atoms with Crippen LogP contribution >= 0.6 is 0 Å². The number of likely N-dealkylation sites (N-methyl/N-ethyl adjacent to an activating group) is 1. The van der Waals surface area contributed by atoms with Gasteiger partial charge in [0.25, 0.3) is 5.91 Å². The maximum atomic E-state index is 13.4. The van der Waals surface area contributed by atoms with E-state index < -0.39 is 30.4 Å². The van der Waals surface area contributed by atoms with Gasteiger partial charge in [-0.05, 0) is 19.1 Å². The number of esters is 1. The lowest BCUT2D eigenvalue weighted by Gasteiger charge is -2.18. The Balaban J connectivity index is 2.28. The Morgan fingerprint density at radius 2 is 2.08 bits per heavy atom. The lowest BCUT2D eigenvalue weighted by Crippen LogP contribution is -2.35. The van der Waals surface area contributed by atoms with Crippen molar-refractivity contribution >= 4 is 11.9 Å². The molecule has 6 nitrogen and oxygen atoms in total. The first-order valence-corrected chi connectivity index (χ1v) is 7.46. The third-order valence-electron chi connectivity index (χ3n) is 3.08. The predicted octanol–water partition coefficient (Wildman–Crippen LogP) is 1.80. The number of hydrogen-bond acceptors (Lipinski definition) is 5. The van der Waals surface area contributed by atoms with Gasteiger partial charge in [0.05, 0.1) is 13.2 Å². The number of carbonyl (C=O) groups excluding carboxylic acids is 2. The van der Waals surface area contributed by atoms with E-state index in [4.69, 9.17) is 14.2 Å². The first-order valence-electron chi connectivity index (χ1n) is 7.46. The van der Waals surface area contributed by atoms with E-state index in [-0.39, 0.29) is 25.5 Å². The zero-order valence-electron chi connectivity index (χ0n) is 13.9. The number of nitrogens with zero attached hydrogens (tertiary/aromatic N) is 1. The smallest absolute Gasteiger partial charge is 0.335 e. The summed E-state index contributed by atoms with van der Waals surface area (Å²) in [4.78, 5) is 24.8. The molecule has 0 saturated heterocycles. The molecule has 132 valence electrons. The third kappa shape index (κ3) is 6.78. The number of hydrogen-bond donors (Lipinski definition) is 0. The standard InChI is InChI=1S/C17H22FNO5/c1-4-10-22-13(2)17(21)24-12-16(20)19(3)9-11-23-15-8-6-5-7-14(15)18/h4-8,13H,1,9-12H2,2-3H3. The summed E-state index contributed by atoms with van der Waals surface area (Å²) in [5.74, 6) is -1.36. The van der Waals surface area contributed by atoms with E-state index >= 15 is 0 Å². The second-order valence-corrected chi connectivity index (χ2v) is 4.97. The second-order valence-electron chi connectivity index (χ2n) is 4.97. The van der Waals surface area contributed by atoms with E-state index in [0.29, 0.717) is 0 Å². The highest BCUT2D eigenvalue weighted by atomic mass is 19.1. The Morgan fingerprint density at radius 3 is 2.75 bits per heavy atom. The average molecular weight is 339 g/mol. The summed E-state index contributed by atoms with van der Waals surface area (Å²) < 4.78 is 28.6. The summed E-state index contributed by atoms with van der Waals surface area (Å²) >= 11 is 0. The van der Waals surface area contributed by atoms with Crippen molar-refractivity contribution in [2.45, 2.75) is 13.0 Å². The topological polar surface area (TPSA) is 65.1 Å². The molecule has 0 aliphatic heterocycles. The van der Waals surface area contributed by atoms with Gasteiger partial charge in [-0.3, -0.25) is 4.79 Å². The molecule has 0 saturated carbocycles. The molecule has 0 aromatic heterocycles. The minimum Gasteiger partial charge on any atom is -0.489 e. The summed E-state index contributed by atoms with van der Waals surface area (Å²) in [6.07, 6.45) is 0.739. The van der Waals surface area contributed by atoms with E-state index in [1.807, 2.05) is 0 Å². The van der Waals surface area contributed by atoms with E-state index in [1.165, 1.54) is 30.0 Å². The maximum Gasteiger partial charge on any atom is 0.335 e. The number of benzene rings is 1. The van der Waals surface area contributed by atoms with Crippen molar-refractivity contribution in [3.05, 3.63) is 42.7 Å². The van der Waals surface area contributed by atoms with Crippen LogP contribution in [-0.2, 0) is 19.1 Å². The lowest BCUT2D eigenvalue weighted by molar-refractivity contribution is -0.160. The Morgan fingerprint density at radius 1 is 1.38 bits per heavy atom. The molecule has 0 aliphatic rings. The molecule has 24 heavy (non-hydrogen) atoms. The molecular formula is C17H22FNO5. The van der Waals surface area contributed by atoms with Crippen LogP contribution in [0.4, 0.5) is 4.39 Å². The van der Waals surface area contributed by atoms with Crippen LogP contribution in [0.1, 0.15) is 6.92 Å². The quantitative estimate of drug-likeness (QED) is 0.480. The van der Waals surface area contributed by atoms with Gasteiger partial charge in [-0.1, -0.05) is 18.2 Å². The van der Waals surface area contributed by atoms with Crippen LogP contribution < -0.4 is 4.74 Å². The zero-order chi connectivity index (χ0) is 17.9. The van der Waals surface area contributed by atoms with Crippen LogP contribution in [0.3, 0.4) is 0 Å². The molecule has 1 aromatic carbocycles. The molecule has 1 rings (SSSR count). The molecular weight excluding hydrogens is 317 g/mol. The van der Waals surface area contributed by atoms with E-state index in [2.05, 4.69) is 6.58 Å². The Hall–Kier alpha value is -2.41. The van der Waals surface area contributed by atoms with Crippen LogP contribution in [0, 0.1) is 5.82 Å². The van der Waals surface area contributed by atoms with Crippen LogP contribution in [-0.4, -0.2) is 56.3 Å². The number of rotatable bonds is 10. The molecule has 0 bridgehead atoms. The molecule has 7 heteroatoms. The number of ether oxygens (including phenoxy) is 3. The molecule has 1 amide bonds. The number of halogens is 1. The van der Waals surface area contributed by atoms with Gasteiger partial charge in [0, 0.05) is 7.05 Å². The highest BCUT2D eigenvalue weighted by Crippen LogP contribution is 2.14. The SMILES string of the molecule is C=CCOC(C)C(=O)OCC(=O)N(C)CCOc1ccccc1F. The van der Waals surface area contributed by atoms with Gasteiger partial charge < -0.3 is 19.1 Å². The van der Waals surface area contributed by atoms with Crippen LogP contribution in [0.15, 0.2) is 36.9 Å². The van der Waals surface area contributed by atoms with Gasteiger partial charge >= 0.3 is 5.97 Å². The predicted molar refractivity (Wildman–Crippen MR) is 86.1 cm³/mol. The molecule has 0 heterocycles. The Labute approximate surface area is 140 Å². The fourth-order valence-electron chi connectivity index (χ4n) is 1.62. The molecule has 0 spiro atoms. The first kappa shape index (κ1) is 19.6. The molecule has 1 unspecified atom stereocenters. The summed E-state index contributed by atoms with van der Waals surface area (Å²) in [6.45, 7) is 5.18. The van der Waals surface area contributed by atoms with Gasteiger partial charge in [-0.25, -0.2) is 9.18 Å². The summed E-state index contributed by atoms with van der Waals surface area (Å²) in [5, 5.41) is 0. The Kier molecular flexibility index (Phi) is 8.49. The fourth-order valence-corrected chi connectivity index (χ4v) is 1.62. The van der Waals surface area contributed by atoms with Gasteiger partial charge in [-0.2, -0.15) is 0 Å². The molecule has 0 aliphatic carbocycles. The molecule has 0 N–H and O–H groups in total. The van der Waals surface area contributed by atoms with Gasteiger partial charge in [0.15, 0.2) is 24.3 Å². The molecule has 0 radical (unpaired) electrons. The van der Waals surface area contributed by atoms with Crippen molar-refractivity contribution in [1.29, 1.82) is 0 Å². The molecule has 0 fully saturated rings. The number of carbonyl (C=O) groups is 2. The van der Waals surface area contributed by atoms with Crippen molar-refractivity contribution in [3.63, 3.8) is 0 Å². The zero-order valence-corrected chi connectivity index (χ0v) is 13.9. The number of para-hydroxylation sites is 1. The van der Waals surface area contributed by atoms with Crippen molar-refractivity contribution in [1.82, 2.24) is 4.90 Å². The van der Waals surface area contributed by atoms with Gasteiger partial charge in [-0.15, -0.1) is 6.58 Å². The number of amides is 1. The van der Waals surface area contributed by atoms with Crippen molar-refractivity contribution in [2.75, 3.05) is 33.4 Å². The van der Waals surface area contributed by atoms with E-state index in [9.17, 15) is 14.0 Å². The summed E-state index contributed by atoms with van der Waals surface area (Å²) in [5.41, 5.74) is 0. The maximum absolute atomic E-state index is 13.4. The second kappa shape index (κ2) is 10.4. The van der Waals surface area contributed by atoms with Gasteiger partial charge in [0.2, 0.25) is 0 Å². The first-order chi connectivity index (χ1) is 11.5. The van der Waals surface area contributed by atoms with Crippen molar-refractivity contribution < 1.29 is 28.2 Å². The lowest BCUT2D eigenvalue weighted by atomic mass is 10.3. The van der Waals surface area contributed by atoms with Crippen molar-refractivity contribution in [2.24, 2.45) is 0 Å².